The molecule has 0 bridgehead atoms. The minimum Gasteiger partial charge on any atom is -0.480 e. The van der Waals surface area contributed by atoms with Crippen LogP contribution in [0.1, 0.15) is 52.9 Å². The molecule has 1 saturated carbocycles. The summed E-state index contributed by atoms with van der Waals surface area (Å²) in [6.07, 6.45) is 6.27. The van der Waals surface area contributed by atoms with Crippen LogP contribution in [0, 0.1) is 5.92 Å². The van der Waals surface area contributed by atoms with Crippen LogP contribution in [-0.4, -0.2) is 27.1 Å². The molecule has 4 heteroatoms. The second kappa shape index (κ2) is 6.10. The SMILES string of the molecule is CCC1CCCC(SC(C)(C)[C@H](N)C(=O)O)C1. The summed E-state index contributed by atoms with van der Waals surface area (Å²) in [5, 5.41) is 9.58. The quantitative estimate of drug-likeness (QED) is 0.797. The first-order valence-corrected chi connectivity index (χ1v) is 7.41. The summed E-state index contributed by atoms with van der Waals surface area (Å²) in [5.74, 6) is -0.0801. The van der Waals surface area contributed by atoms with Crippen molar-refractivity contribution in [2.75, 3.05) is 0 Å². The Morgan fingerprint density at radius 1 is 1.53 bits per heavy atom. The third-order valence-corrected chi connectivity index (χ3v) is 5.42. The van der Waals surface area contributed by atoms with Crippen LogP contribution < -0.4 is 5.73 Å². The van der Waals surface area contributed by atoms with Gasteiger partial charge in [-0.2, -0.15) is 11.8 Å². The molecule has 0 saturated heterocycles. The summed E-state index contributed by atoms with van der Waals surface area (Å²) in [6, 6.07) is -0.783. The van der Waals surface area contributed by atoms with Crippen molar-refractivity contribution in [1.29, 1.82) is 0 Å². The highest BCUT2D eigenvalue weighted by atomic mass is 32.2. The Morgan fingerprint density at radius 3 is 2.71 bits per heavy atom. The van der Waals surface area contributed by atoms with Crippen molar-refractivity contribution in [1.82, 2.24) is 0 Å². The lowest BCUT2D eigenvalue weighted by Crippen LogP contribution is -2.47. The highest BCUT2D eigenvalue weighted by Crippen LogP contribution is 2.40. The van der Waals surface area contributed by atoms with Crippen molar-refractivity contribution in [3.63, 3.8) is 0 Å². The van der Waals surface area contributed by atoms with Crippen LogP contribution in [0.4, 0.5) is 0 Å². The Hall–Kier alpha value is -0.220. The molecule has 1 aliphatic rings. The lowest BCUT2D eigenvalue weighted by Gasteiger charge is -2.36. The lowest BCUT2D eigenvalue weighted by molar-refractivity contribution is -0.139. The molecule has 0 aromatic rings. The predicted molar refractivity (Wildman–Crippen MR) is 73.3 cm³/mol. The number of nitrogens with two attached hydrogens (primary N) is 1. The third-order valence-electron chi connectivity index (χ3n) is 3.80. The standard InChI is InChI=1S/C13H25NO2S/c1-4-9-6-5-7-10(8-9)17-13(2,3)11(14)12(15)16/h9-11H,4-8,14H2,1-3H3,(H,15,16)/t9?,10?,11-/m1/s1. The molecule has 0 spiro atoms. The second-order valence-electron chi connectivity index (χ2n) is 5.60. The van der Waals surface area contributed by atoms with E-state index in [2.05, 4.69) is 6.92 Å². The largest absolute Gasteiger partial charge is 0.480 e. The maximum atomic E-state index is 11.0. The van der Waals surface area contributed by atoms with Crippen LogP contribution in [0.2, 0.25) is 0 Å². The molecule has 2 unspecified atom stereocenters. The molecule has 17 heavy (non-hydrogen) atoms. The predicted octanol–water partition coefficient (Wildman–Crippen LogP) is 2.88. The van der Waals surface area contributed by atoms with Gasteiger partial charge < -0.3 is 10.8 Å². The Kier molecular flexibility index (Phi) is 5.32. The average Bonchev–Trinajstić information content (AvgIpc) is 2.27. The van der Waals surface area contributed by atoms with E-state index in [1.165, 1.54) is 32.1 Å². The normalized spacial score (nSPS) is 27.8. The number of carboxylic acids is 1. The molecule has 1 aliphatic carbocycles. The minimum atomic E-state index is -0.898. The van der Waals surface area contributed by atoms with Crippen molar-refractivity contribution in [2.24, 2.45) is 11.7 Å². The number of carboxylic acid groups (broad SMARTS) is 1. The zero-order valence-corrected chi connectivity index (χ0v) is 11.9. The maximum Gasteiger partial charge on any atom is 0.321 e. The Balaban J connectivity index is 2.54. The zero-order chi connectivity index (χ0) is 13.1. The number of hydrogen-bond donors (Lipinski definition) is 2. The van der Waals surface area contributed by atoms with Crippen LogP contribution >= 0.6 is 11.8 Å². The number of carbonyl (C=O) groups is 1. The molecule has 3 N–H and O–H groups in total. The van der Waals surface area contributed by atoms with Crippen LogP contribution in [-0.2, 0) is 4.79 Å². The molecule has 0 aromatic heterocycles. The second-order valence-corrected chi connectivity index (χ2v) is 7.55. The topological polar surface area (TPSA) is 63.3 Å². The van der Waals surface area contributed by atoms with Crippen molar-refractivity contribution in [2.45, 2.75) is 68.9 Å². The molecule has 0 amide bonds. The summed E-state index contributed by atoms with van der Waals surface area (Å²) in [5.41, 5.74) is 5.76. The monoisotopic (exact) mass is 259 g/mol. The smallest absolute Gasteiger partial charge is 0.321 e. The van der Waals surface area contributed by atoms with Gasteiger partial charge >= 0.3 is 5.97 Å². The minimum absolute atomic E-state index is 0.383. The van der Waals surface area contributed by atoms with Gasteiger partial charge in [0.15, 0.2) is 0 Å². The molecular formula is C13H25NO2S. The molecule has 0 heterocycles. The summed E-state index contributed by atoms with van der Waals surface area (Å²) in [4.78, 5) is 11.0. The van der Waals surface area contributed by atoms with Crippen molar-refractivity contribution >= 4 is 17.7 Å². The highest BCUT2D eigenvalue weighted by Gasteiger charge is 2.36. The fourth-order valence-electron chi connectivity index (χ4n) is 2.52. The molecule has 100 valence electrons. The van der Waals surface area contributed by atoms with E-state index in [9.17, 15) is 4.79 Å². The van der Waals surface area contributed by atoms with Gasteiger partial charge in [0.25, 0.3) is 0 Å². The molecule has 1 fully saturated rings. The van der Waals surface area contributed by atoms with E-state index < -0.39 is 12.0 Å². The van der Waals surface area contributed by atoms with Crippen LogP contribution in [0.3, 0.4) is 0 Å². The van der Waals surface area contributed by atoms with E-state index in [0.29, 0.717) is 5.25 Å². The number of hydrogen-bond acceptors (Lipinski definition) is 3. The summed E-state index contributed by atoms with van der Waals surface area (Å²) in [7, 11) is 0. The Morgan fingerprint density at radius 2 is 2.18 bits per heavy atom. The van der Waals surface area contributed by atoms with Gasteiger partial charge in [0, 0.05) is 10.00 Å². The summed E-state index contributed by atoms with van der Waals surface area (Å²) in [6.45, 7) is 6.14. The number of thioether (sulfide) groups is 1. The van der Waals surface area contributed by atoms with E-state index in [4.69, 9.17) is 10.8 Å². The van der Waals surface area contributed by atoms with Gasteiger partial charge in [0.05, 0.1) is 0 Å². The van der Waals surface area contributed by atoms with Crippen LogP contribution in [0.25, 0.3) is 0 Å². The fraction of sp³-hybridized carbons (Fsp3) is 0.923. The Bertz CT molecular complexity index is 268. The first-order chi connectivity index (χ1) is 7.86. The van der Waals surface area contributed by atoms with E-state index in [1.54, 1.807) is 11.8 Å². The van der Waals surface area contributed by atoms with Gasteiger partial charge in [0.2, 0.25) is 0 Å². The van der Waals surface area contributed by atoms with Gasteiger partial charge in [0.1, 0.15) is 6.04 Å². The zero-order valence-electron chi connectivity index (χ0n) is 11.1. The first-order valence-electron chi connectivity index (χ1n) is 6.53. The van der Waals surface area contributed by atoms with Crippen LogP contribution in [0.5, 0.6) is 0 Å². The summed E-state index contributed by atoms with van der Waals surface area (Å²) >= 11 is 1.77. The molecule has 0 aliphatic heterocycles. The van der Waals surface area contributed by atoms with Gasteiger partial charge in [-0.25, -0.2) is 0 Å². The lowest BCUT2D eigenvalue weighted by atomic mass is 9.87. The first kappa shape index (κ1) is 14.8. The van der Waals surface area contributed by atoms with Crippen molar-refractivity contribution in [3.05, 3.63) is 0 Å². The van der Waals surface area contributed by atoms with Gasteiger partial charge in [-0.1, -0.05) is 26.2 Å². The fourth-order valence-corrected chi connectivity index (χ4v) is 4.28. The molecular weight excluding hydrogens is 234 g/mol. The van der Waals surface area contributed by atoms with E-state index in [-0.39, 0.29) is 4.75 Å². The number of rotatable bonds is 5. The molecule has 1 rings (SSSR count). The van der Waals surface area contributed by atoms with Crippen LogP contribution in [0.15, 0.2) is 0 Å². The summed E-state index contributed by atoms with van der Waals surface area (Å²) < 4.78 is -0.383. The molecule has 3 atom stereocenters. The van der Waals surface area contributed by atoms with Gasteiger partial charge in [-0.05, 0) is 32.6 Å². The van der Waals surface area contributed by atoms with Gasteiger partial charge in [-0.3, -0.25) is 4.79 Å². The highest BCUT2D eigenvalue weighted by molar-refractivity contribution is 8.01. The molecule has 0 radical (unpaired) electrons. The maximum absolute atomic E-state index is 11.0. The third kappa shape index (κ3) is 4.18. The molecule has 3 nitrogen and oxygen atoms in total. The average molecular weight is 259 g/mol. The van der Waals surface area contributed by atoms with E-state index in [0.717, 1.165) is 5.92 Å². The Labute approximate surface area is 109 Å². The van der Waals surface area contributed by atoms with Gasteiger partial charge in [-0.15, -0.1) is 0 Å². The van der Waals surface area contributed by atoms with E-state index >= 15 is 0 Å². The van der Waals surface area contributed by atoms with E-state index in [1.807, 2.05) is 13.8 Å². The number of aliphatic carboxylic acids is 1. The van der Waals surface area contributed by atoms with Crippen molar-refractivity contribution < 1.29 is 9.90 Å². The van der Waals surface area contributed by atoms with Crippen molar-refractivity contribution in [3.8, 4) is 0 Å². The molecule has 0 aromatic carbocycles.